The quantitative estimate of drug-likeness (QED) is 0.177. The van der Waals surface area contributed by atoms with Gasteiger partial charge in [0, 0.05) is 55.0 Å². The molecule has 0 amide bonds. The predicted molar refractivity (Wildman–Crippen MR) is 234 cm³/mol. The molecule has 0 aliphatic carbocycles. The van der Waals surface area contributed by atoms with Gasteiger partial charge in [0.15, 0.2) is 5.82 Å². The Balaban J connectivity index is 1.17. The molecule has 0 saturated heterocycles. The fourth-order valence-electron chi connectivity index (χ4n) is 8.84. The molecule has 0 spiro atoms. The third kappa shape index (κ3) is 4.76. The summed E-state index contributed by atoms with van der Waals surface area (Å²) in [5.74, 6) is 0.699. The van der Waals surface area contributed by atoms with Crippen LogP contribution < -0.4 is 0 Å². The van der Waals surface area contributed by atoms with Gasteiger partial charge >= 0.3 is 0 Å². The zero-order valence-corrected chi connectivity index (χ0v) is 30.7. The summed E-state index contributed by atoms with van der Waals surface area (Å²) in [4.78, 5) is 10.1. The first-order chi connectivity index (χ1) is 28.3. The van der Waals surface area contributed by atoms with Gasteiger partial charge in [0.25, 0.3) is 0 Å². The molecule has 12 rings (SSSR count). The Morgan fingerprint density at radius 1 is 0.368 bits per heavy atom. The van der Waals surface area contributed by atoms with Crippen LogP contribution in [0.1, 0.15) is 0 Å². The van der Waals surface area contributed by atoms with Gasteiger partial charge < -0.3 is 13.6 Å². The molecule has 0 radical (unpaired) electrons. The zero-order chi connectivity index (χ0) is 37.5. The fraction of sp³-hybridized carbons (Fsp3) is 0. The molecule has 0 fully saturated rings. The first kappa shape index (κ1) is 31.6. The van der Waals surface area contributed by atoms with E-state index in [4.69, 9.17) is 14.4 Å². The molecule has 0 aliphatic heterocycles. The van der Waals surface area contributed by atoms with Crippen LogP contribution in [-0.4, -0.2) is 19.1 Å². The average Bonchev–Trinajstić information content (AvgIpc) is 3.95. The average molecular weight is 729 g/mol. The van der Waals surface area contributed by atoms with Crippen molar-refractivity contribution in [3.63, 3.8) is 0 Å². The summed E-state index contributed by atoms with van der Waals surface area (Å²) in [7, 11) is 0. The summed E-state index contributed by atoms with van der Waals surface area (Å²) in [6.07, 6.45) is 0. The first-order valence-electron chi connectivity index (χ1n) is 19.3. The molecule has 4 aromatic heterocycles. The van der Waals surface area contributed by atoms with E-state index in [1.54, 1.807) is 0 Å². The van der Waals surface area contributed by atoms with Gasteiger partial charge in [-0.05, 0) is 48.5 Å². The topological polar surface area (TPSA) is 48.8 Å². The number of nitrogens with zero attached hydrogens (tertiary/aromatic N) is 4. The van der Waals surface area contributed by atoms with E-state index in [1.165, 1.54) is 10.8 Å². The maximum atomic E-state index is 6.93. The van der Waals surface area contributed by atoms with Gasteiger partial charge in [0.2, 0.25) is 0 Å². The minimum absolute atomic E-state index is 0.699. The lowest BCUT2D eigenvalue weighted by molar-refractivity contribution is 0.673. The van der Waals surface area contributed by atoms with Gasteiger partial charge in [0.05, 0.1) is 38.8 Å². The molecule has 0 unspecified atom stereocenters. The summed E-state index contributed by atoms with van der Waals surface area (Å²) in [5, 5.41) is 6.88. The minimum Gasteiger partial charge on any atom is -0.455 e. The van der Waals surface area contributed by atoms with Gasteiger partial charge in [0.1, 0.15) is 11.2 Å². The van der Waals surface area contributed by atoms with Crippen molar-refractivity contribution in [3.05, 3.63) is 194 Å². The molecule has 12 aromatic rings. The minimum atomic E-state index is 0.699. The van der Waals surface area contributed by atoms with Crippen LogP contribution in [0, 0.1) is 0 Å². The van der Waals surface area contributed by atoms with Crippen LogP contribution in [0.3, 0.4) is 0 Å². The van der Waals surface area contributed by atoms with Crippen LogP contribution in [0.2, 0.25) is 0 Å². The van der Waals surface area contributed by atoms with Crippen LogP contribution in [0.5, 0.6) is 0 Å². The van der Waals surface area contributed by atoms with Gasteiger partial charge in [-0.1, -0.05) is 146 Å². The van der Waals surface area contributed by atoms with Crippen molar-refractivity contribution in [2.75, 3.05) is 0 Å². The molecular weight excluding hydrogens is 697 g/mol. The van der Waals surface area contributed by atoms with Crippen molar-refractivity contribution in [2.45, 2.75) is 0 Å². The molecule has 266 valence electrons. The van der Waals surface area contributed by atoms with E-state index in [9.17, 15) is 0 Å². The Bertz CT molecular complexity index is 3430. The van der Waals surface area contributed by atoms with Crippen LogP contribution in [-0.2, 0) is 0 Å². The Morgan fingerprint density at radius 2 is 0.842 bits per heavy atom. The molecule has 57 heavy (non-hydrogen) atoms. The van der Waals surface area contributed by atoms with Crippen LogP contribution in [0.4, 0.5) is 0 Å². The molecule has 0 N–H and O–H groups in total. The van der Waals surface area contributed by atoms with E-state index in [-0.39, 0.29) is 0 Å². The molecule has 4 heterocycles. The monoisotopic (exact) mass is 728 g/mol. The van der Waals surface area contributed by atoms with Gasteiger partial charge in [-0.3, -0.25) is 0 Å². The maximum Gasteiger partial charge on any atom is 0.160 e. The maximum absolute atomic E-state index is 6.93. The van der Waals surface area contributed by atoms with Crippen molar-refractivity contribution in [1.29, 1.82) is 0 Å². The lowest BCUT2D eigenvalue weighted by Crippen LogP contribution is -1.99. The molecule has 0 saturated carbocycles. The van der Waals surface area contributed by atoms with Crippen molar-refractivity contribution < 1.29 is 4.42 Å². The summed E-state index contributed by atoms with van der Waals surface area (Å²) in [6.45, 7) is 0. The Kier molecular flexibility index (Phi) is 6.86. The highest BCUT2D eigenvalue weighted by molar-refractivity contribution is 6.39. The van der Waals surface area contributed by atoms with Crippen molar-refractivity contribution in [1.82, 2.24) is 19.1 Å². The Labute approximate surface area is 327 Å². The first-order valence-corrected chi connectivity index (χ1v) is 19.3. The molecule has 0 atom stereocenters. The number of hydrogen-bond donors (Lipinski definition) is 0. The molecule has 5 nitrogen and oxygen atoms in total. The number of benzene rings is 8. The normalized spacial score (nSPS) is 11.9. The van der Waals surface area contributed by atoms with Gasteiger partial charge in [-0.2, -0.15) is 0 Å². The van der Waals surface area contributed by atoms with Crippen LogP contribution >= 0.6 is 0 Å². The van der Waals surface area contributed by atoms with E-state index < -0.39 is 0 Å². The second kappa shape index (κ2) is 12.4. The highest BCUT2D eigenvalue weighted by atomic mass is 16.3. The van der Waals surface area contributed by atoms with Crippen molar-refractivity contribution in [2.24, 2.45) is 0 Å². The molecular formula is C52H32N4O. The zero-order valence-electron chi connectivity index (χ0n) is 30.7. The Hall–Kier alpha value is -7.76. The highest BCUT2D eigenvalue weighted by Crippen LogP contribution is 2.49. The number of fused-ring (bicyclic) bond motifs is 12. The second-order valence-electron chi connectivity index (χ2n) is 14.5. The lowest BCUT2D eigenvalue weighted by Gasteiger charge is -2.14. The van der Waals surface area contributed by atoms with Crippen molar-refractivity contribution in [3.8, 4) is 45.3 Å². The molecule has 0 aliphatic rings. The number of rotatable bonds is 5. The number of furan rings is 1. The largest absolute Gasteiger partial charge is 0.455 e. The summed E-state index contributed by atoms with van der Waals surface area (Å²) in [6, 6.07) is 68.1. The molecule has 8 aromatic carbocycles. The lowest BCUT2D eigenvalue weighted by atomic mass is 10.0. The molecule has 5 heteroatoms. The summed E-state index contributed by atoms with van der Waals surface area (Å²) in [5.41, 5.74) is 13.3. The van der Waals surface area contributed by atoms with Gasteiger partial charge in [-0.25, -0.2) is 9.97 Å². The summed E-state index contributed by atoms with van der Waals surface area (Å²) >= 11 is 0. The third-order valence-electron chi connectivity index (χ3n) is 11.3. The van der Waals surface area contributed by atoms with Crippen LogP contribution in [0.15, 0.2) is 199 Å². The number of hydrogen-bond acceptors (Lipinski definition) is 3. The second-order valence-corrected chi connectivity index (χ2v) is 14.5. The van der Waals surface area contributed by atoms with E-state index >= 15 is 0 Å². The summed E-state index contributed by atoms with van der Waals surface area (Å²) < 4.78 is 11.8. The predicted octanol–water partition coefficient (Wildman–Crippen LogP) is 13.6. The van der Waals surface area contributed by atoms with E-state index in [0.717, 1.165) is 94.2 Å². The number of para-hydroxylation sites is 4. The standard InChI is InChI=1S/C52H32N4O/c1-4-16-33(17-5-1)41-32-42(54-52(53-41)35-18-6-2-7-19-35)34-28-30-37(31-29-34)56-44-26-14-11-23-39(44)48-50(56)49-46(47-40-24-12-15-27-45(40)57-51(47)48)38-22-10-13-25-43(38)55(49)36-20-8-3-9-21-36/h1-32H. The third-order valence-corrected chi connectivity index (χ3v) is 11.3. The van der Waals surface area contributed by atoms with E-state index in [0.29, 0.717) is 5.82 Å². The van der Waals surface area contributed by atoms with Crippen molar-refractivity contribution >= 4 is 65.6 Å². The van der Waals surface area contributed by atoms with E-state index in [2.05, 4.69) is 167 Å². The van der Waals surface area contributed by atoms with Gasteiger partial charge in [-0.15, -0.1) is 0 Å². The molecule has 0 bridgehead atoms. The van der Waals surface area contributed by atoms with E-state index in [1.807, 2.05) is 36.4 Å². The SMILES string of the molecule is c1ccc(-c2cc(-c3ccc(-n4c5ccccc5c5c6oc7ccccc7c6c6c7ccccc7n(-c7ccccc7)c6c54)cc3)nc(-c3ccccc3)n2)cc1. The highest BCUT2D eigenvalue weighted by Gasteiger charge is 2.27. The fourth-order valence-corrected chi connectivity index (χ4v) is 8.84. The van der Waals surface area contributed by atoms with Crippen LogP contribution in [0.25, 0.3) is 111 Å². The Morgan fingerprint density at radius 3 is 1.49 bits per heavy atom. The smallest absolute Gasteiger partial charge is 0.160 e. The number of aromatic nitrogens is 4.